The van der Waals surface area contributed by atoms with E-state index in [1.807, 2.05) is 6.92 Å². The van der Waals surface area contributed by atoms with Crippen molar-refractivity contribution in [2.24, 2.45) is 0 Å². The minimum absolute atomic E-state index is 0.325. The van der Waals surface area contributed by atoms with Crippen LogP contribution in [0, 0.1) is 12.7 Å². The standard InChI is InChI=1S/C13H13FO2S/c1-8(15)10-4-3-5-11(14)13(10)17-12-6-7-16-9(12)2/h3-8,15H,1-2H3. The Balaban J connectivity index is 2.41. The fraction of sp³-hybridized carbons (Fsp3) is 0.231. The lowest BCUT2D eigenvalue weighted by molar-refractivity contribution is 0.195. The number of hydrogen-bond donors (Lipinski definition) is 1. The zero-order valence-corrected chi connectivity index (χ0v) is 10.4. The molecule has 0 radical (unpaired) electrons. The van der Waals surface area contributed by atoms with Crippen molar-refractivity contribution in [3.63, 3.8) is 0 Å². The predicted octanol–water partition coefficient (Wildman–Crippen LogP) is 3.93. The van der Waals surface area contributed by atoms with Crippen molar-refractivity contribution in [3.8, 4) is 0 Å². The van der Waals surface area contributed by atoms with E-state index >= 15 is 0 Å². The van der Waals surface area contributed by atoms with E-state index in [9.17, 15) is 9.50 Å². The average Bonchev–Trinajstić information content (AvgIpc) is 2.67. The van der Waals surface area contributed by atoms with Crippen LogP contribution in [0.3, 0.4) is 0 Å². The van der Waals surface area contributed by atoms with E-state index in [1.54, 1.807) is 31.4 Å². The second kappa shape index (κ2) is 4.94. The maximum Gasteiger partial charge on any atom is 0.137 e. The first-order chi connectivity index (χ1) is 8.09. The summed E-state index contributed by atoms with van der Waals surface area (Å²) in [6.45, 7) is 3.45. The van der Waals surface area contributed by atoms with E-state index < -0.39 is 6.10 Å². The molecule has 2 rings (SSSR count). The summed E-state index contributed by atoms with van der Waals surface area (Å²) >= 11 is 1.27. The monoisotopic (exact) mass is 252 g/mol. The highest BCUT2D eigenvalue weighted by molar-refractivity contribution is 7.99. The number of furan rings is 1. The molecule has 1 N–H and O–H groups in total. The van der Waals surface area contributed by atoms with Gasteiger partial charge in [0.05, 0.1) is 22.2 Å². The third-order valence-electron chi connectivity index (χ3n) is 2.47. The molecule has 1 unspecified atom stereocenters. The Morgan fingerprint density at radius 2 is 2.12 bits per heavy atom. The van der Waals surface area contributed by atoms with Crippen molar-refractivity contribution >= 4 is 11.8 Å². The molecule has 90 valence electrons. The van der Waals surface area contributed by atoms with E-state index in [0.29, 0.717) is 10.5 Å². The van der Waals surface area contributed by atoms with Crippen LogP contribution >= 0.6 is 11.8 Å². The second-order valence-electron chi connectivity index (χ2n) is 3.78. The smallest absolute Gasteiger partial charge is 0.137 e. The Morgan fingerprint density at radius 1 is 1.35 bits per heavy atom. The summed E-state index contributed by atoms with van der Waals surface area (Å²) in [7, 11) is 0. The third kappa shape index (κ3) is 2.53. The topological polar surface area (TPSA) is 33.4 Å². The van der Waals surface area contributed by atoms with Crippen molar-refractivity contribution in [3.05, 3.63) is 47.7 Å². The summed E-state index contributed by atoms with van der Waals surface area (Å²) in [5.41, 5.74) is 0.593. The Hall–Kier alpha value is -1.26. The molecule has 1 aromatic carbocycles. The minimum Gasteiger partial charge on any atom is -0.468 e. The van der Waals surface area contributed by atoms with Gasteiger partial charge in [0.25, 0.3) is 0 Å². The number of halogens is 1. The molecular formula is C13H13FO2S. The maximum atomic E-state index is 13.8. The van der Waals surface area contributed by atoms with Crippen LogP contribution in [0.25, 0.3) is 0 Å². The highest BCUT2D eigenvalue weighted by Gasteiger charge is 2.15. The Kier molecular flexibility index (Phi) is 3.54. The Morgan fingerprint density at radius 3 is 2.71 bits per heavy atom. The zero-order valence-electron chi connectivity index (χ0n) is 9.61. The molecule has 0 aliphatic rings. The molecule has 0 aliphatic heterocycles. The molecule has 0 spiro atoms. The quantitative estimate of drug-likeness (QED) is 0.898. The van der Waals surface area contributed by atoms with Gasteiger partial charge in [-0.3, -0.25) is 0 Å². The van der Waals surface area contributed by atoms with Gasteiger partial charge < -0.3 is 9.52 Å². The molecule has 1 atom stereocenters. The Labute approximate surface area is 103 Å². The van der Waals surface area contributed by atoms with Crippen LogP contribution in [0.2, 0.25) is 0 Å². The highest BCUT2D eigenvalue weighted by Crippen LogP contribution is 2.37. The van der Waals surface area contributed by atoms with Gasteiger partial charge in [-0.2, -0.15) is 0 Å². The van der Waals surface area contributed by atoms with Crippen molar-refractivity contribution in [2.45, 2.75) is 29.7 Å². The summed E-state index contributed by atoms with van der Waals surface area (Å²) in [4.78, 5) is 1.31. The number of aryl methyl sites for hydroxylation is 1. The highest BCUT2D eigenvalue weighted by atomic mass is 32.2. The predicted molar refractivity (Wildman–Crippen MR) is 64.6 cm³/mol. The van der Waals surface area contributed by atoms with Gasteiger partial charge in [-0.15, -0.1) is 0 Å². The first-order valence-corrected chi connectivity index (χ1v) is 6.09. The van der Waals surface area contributed by atoms with Crippen molar-refractivity contribution in [2.75, 3.05) is 0 Å². The first-order valence-electron chi connectivity index (χ1n) is 5.28. The van der Waals surface area contributed by atoms with Crippen LogP contribution in [-0.4, -0.2) is 5.11 Å². The lowest BCUT2D eigenvalue weighted by Crippen LogP contribution is -1.96. The van der Waals surface area contributed by atoms with Crippen LogP contribution in [0.5, 0.6) is 0 Å². The average molecular weight is 252 g/mol. The molecule has 0 aliphatic carbocycles. The molecule has 17 heavy (non-hydrogen) atoms. The fourth-order valence-corrected chi connectivity index (χ4v) is 2.61. The van der Waals surface area contributed by atoms with Crippen LogP contribution in [0.15, 0.2) is 44.7 Å². The van der Waals surface area contributed by atoms with Gasteiger partial charge in [0.15, 0.2) is 0 Å². The second-order valence-corrected chi connectivity index (χ2v) is 4.83. The third-order valence-corrected chi connectivity index (χ3v) is 3.75. The van der Waals surface area contributed by atoms with Gasteiger partial charge in [0.2, 0.25) is 0 Å². The Bertz CT molecular complexity index is 520. The van der Waals surface area contributed by atoms with Crippen molar-refractivity contribution in [1.29, 1.82) is 0 Å². The normalized spacial score (nSPS) is 12.7. The van der Waals surface area contributed by atoms with Gasteiger partial charge in [-0.25, -0.2) is 4.39 Å². The molecule has 0 fully saturated rings. The number of rotatable bonds is 3. The fourth-order valence-electron chi connectivity index (χ4n) is 1.55. The van der Waals surface area contributed by atoms with E-state index in [-0.39, 0.29) is 5.82 Å². The maximum absolute atomic E-state index is 13.8. The number of benzene rings is 1. The van der Waals surface area contributed by atoms with Crippen LogP contribution in [0.1, 0.15) is 24.4 Å². The molecule has 4 heteroatoms. The number of aliphatic hydroxyl groups excluding tert-OH is 1. The van der Waals surface area contributed by atoms with Crippen LogP contribution in [0.4, 0.5) is 4.39 Å². The largest absolute Gasteiger partial charge is 0.468 e. The summed E-state index contributed by atoms with van der Waals surface area (Å²) in [5.74, 6) is 0.420. The number of aliphatic hydroxyl groups is 1. The molecule has 1 aromatic heterocycles. The molecular weight excluding hydrogens is 239 g/mol. The molecule has 2 aromatic rings. The van der Waals surface area contributed by atoms with Crippen molar-refractivity contribution in [1.82, 2.24) is 0 Å². The van der Waals surface area contributed by atoms with Gasteiger partial charge in [0.1, 0.15) is 11.6 Å². The molecule has 2 nitrogen and oxygen atoms in total. The van der Waals surface area contributed by atoms with Gasteiger partial charge >= 0.3 is 0 Å². The van der Waals surface area contributed by atoms with Gasteiger partial charge in [-0.05, 0) is 31.5 Å². The first kappa shape index (κ1) is 12.2. The van der Waals surface area contributed by atoms with Crippen molar-refractivity contribution < 1.29 is 13.9 Å². The van der Waals surface area contributed by atoms with Crippen LogP contribution in [-0.2, 0) is 0 Å². The lowest BCUT2D eigenvalue weighted by atomic mass is 10.1. The van der Waals surface area contributed by atoms with Gasteiger partial charge in [-0.1, -0.05) is 23.9 Å². The molecule has 1 heterocycles. The van der Waals surface area contributed by atoms with Gasteiger partial charge in [0, 0.05) is 0 Å². The summed E-state index contributed by atoms with van der Waals surface area (Å²) < 4.78 is 18.9. The zero-order chi connectivity index (χ0) is 12.4. The number of hydrogen-bond acceptors (Lipinski definition) is 3. The lowest BCUT2D eigenvalue weighted by Gasteiger charge is -2.11. The molecule has 0 saturated carbocycles. The summed E-state index contributed by atoms with van der Waals surface area (Å²) in [6, 6.07) is 6.51. The van der Waals surface area contributed by atoms with E-state index in [4.69, 9.17) is 4.42 Å². The molecule has 0 bridgehead atoms. The molecule has 0 amide bonds. The van der Waals surface area contributed by atoms with Crippen LogP contribution < -0.4 is 0 Å². The van der Waals surface area contributed by atoms with E-state index in [2.05, 4.69) is 0 Å². The summed E-state index contributed by atoms with van der Waals surface area (Å²) in [5, 5.41) is 9.62. The SMILES string of the molecule is Cc1occc1Sc1c(F)cccc1C(C)O. The van der Waals surface area contributed by atoms with E-state index in [0.717, 1.165) is 10.7 Å². The summed E-state index contributed by atoms with van der Waals surface area (Å²) in [6.07, 6.45) is 0.876. The molecule has 0 saturated heterocycles. The minimum atomic E-state index is -0.694. The van der Waals surface area contributed by atoms with E-state index in [1.165, 1.54) is 17.8 Å².